The van der Waals surface area contributed by atoms with Gasteiger partial charge in [-0.2, -0.15) is 13.2 Å². The number of carbonyl (C=O) groups is 4. The van der Waals surface area contributed by atoms with Crippen molar-refractivity contribution in [2.24, 2.45) is 0 Å². The molecule has 0 aromatic carbocycles. The number of hydrogen-bond acceptors (Lipinski definition) is 5. The maximum Gasteiger partial charge on any atom is 0.407 e. The van der Waals surface area contributed by atoms with Gasteiger partial charge in [0.15, 0.2) is 0 Å². The zero-order valence-electron chi connectivity index (χ0n) is 12.0. The number of aliphatic carboxylic acids is 1. The van der Waals surface area contributed by atoms with E-state index in [4.69, 9.17) is 5.11 Å². The Kier molecular flexibility index (Phi) is 8.44. The molecule has 3 amide bonds. The van der Waals surface area contributed by atoms with E-state index in [0.717, 1.165) is 7.11 Å². The Morgan fingerprint density at radius 2 is 1.65 bits per heavy atom. The van der Waals surface area contributed by atoms with Gasteiger partial charge in [-0.25, -0.2) is 9.59 Å². The molecule has 0 aliphatic rings. The van der Waals surface area contributed by atoms with Crippen LogP contribution >= 0.6 is 0 Å². The molecule has 0 fully saturated rings. The Hall–Kier alpha value is -2.53. The summed E-state index contributed by atoms with van der Waals surface area (Å²) < 4.78 is 40.3. The van der Waals surface area contributed by atoms with Gasteiger partial charge in [-0.05, 0) is 6.42 Å². The van der Waals surface area contributed by atoms with Crippen LogP contribution in [0.15, 0.2) is 0 Å². The van der Waals surface area contributed by atoms with Crippen molar-refractivity contribution in [3.8, 4) is 0 Å². The van der Waals surface area contributed by atoms with Crippen molar-refractivity contribution in [3.63, 3.8) is 0 Å². The summed E-state index contributed by atoms with van der Waals surface area (Å²) >= 11 is 0. The lowest BCUT2D eigenvalue weighted by Crippen LogP contribution is -2.47. The lowest BCUT2D eigenvalue weighted by atomic mass is 10.1. The molecule has 0 spiro atoms. The predicted molar refractivity (Wildman–Crippen MR) is 68.3 cm³/mol. The van der Waals surface area contributed by atoms with Gasteiger partial charge in [-0.3, -0.25) is 9.59 Å². The maximum absolute atomic E-state index is 12.0. The lowest BCUT2D eigenvalue weighted by Gasteiger charge is -2.15. The molecule has 23 heavy (non-hydrogen) atoms. The van der Waals surface area contributed by atoms with Crippen LogP contribution in [-0.2, 0) is 19.1 Å². The topological polar surface area (TPSA) is 134 Å². The third kappa shape index (κ3) is 10.8. The number of alkyl halides is 3. The molecule has 0 aliphatic heterocycles. The van der Waals surface area contributed by atoms with E-state index in [1.54, 1.807) is 0 Å². The van der Waals surface area contributed by atoms with Crippen molar-refractivity contribution in [3.05, 3.63) is 0 Å². The first-order valence-corrected chi connectivity index (χ1v) is 6.22. The number of rotatable bonds is 8. The second-order valence-electron chi connectivity index (χ2n) is 4.23. The largest absolute Gasteiger partial charge is 0.480 e. The summed E-state index contributed by atoms with van der Waals surface area (Å²) in [4.78, 5) is 44.1. The summed E-state index contributed by atoms with van der Waals surface area (Å²) in [6.07, 6.45) is -7.63. The van der Waals surface area contributed by atoms with Crippen LogP contribution < -0.4 is 16.0 Å². The molecule has 0 saturated carbocycles. The molecule has 12 heteroatoms. The number of carboxylic acid groups (broad SMARTS) is 1. The second kappa shape index (κ2) is 9.48. The van der Waals surface area contributed by atoms with Gasteiger partial charge in [0.25, 0.3) is 0 Å². The number of ether oxygens (including phenoxy) is 1. The summed E-state index contributed by atoms with van der Waals surface area (Å²) in [6.45, 7) is -1.14. The number of alkyl carbamates (subject to hydrolysis) is 1. The van der Waals surface area contributed by atoms with Gasteiger partial charge in [0.1, 0.15) is 12.6 Å². The zero-order chi connectivity index (χ0) is 18.0. The summed E-state index contributed by atoms with van der Waals surface area (Å²) in [5, 5.41) is 14.7. The minimum absolute atomic E-state index is 0.490. The van der Waals surface area contributed by atoms with E-state index in [-0.39, 0.29) is 0 Å². The normalized spacial score (nSPS) is 12.0. The molecule has 0 radical (unpaired) electrons. The van der Waals surface area contributed by atoms with Crippen LogP contribution in [0.4, 0.5) is 18.0 Å². The van der Waals surface area contributed by atoms with Gasteiger partial charge < -0.3 is 25.8 Å². The fourth-order valence-corrected chi connectivity index (χ4v) is 1.28. The fourth-order valence-electron chi connectivity index (χ4n) is 1.28. The number of hydrogen-bond donors (Lipinski definition) is 4. The standard InChI is InChI=1S/C11H16F3N3O6/c1-23-10(22)16-4-7(18)15-5-8(19)17-6(9(20)21)2-3-11(12,13)14/h6H,2-5H2,1H3,(H,15,18)(H,16,22)(H,17,19)(H,20,21). The SMILES string of the molecule is COC(=O)NCC(=O)NCC(=O)NC(CCC(F)(F)F)C(=O)O. The number of methoxy groups -OCH3 is 1. The lowest BCUT2D eigenvalue weighted by molar-refractivity contribution is -0.148. The summed E-state index contributed by atoms with van der Waals surface area (Å²) in [5.41, 5.74) is 0. The van der Waals surface area contributed by atoms with Crippen LogP contribution in [0.3, 0.4) is 0 Å². The van der Waals surface area contributed by atoms with Crippen molar-refractivity contribution in [2.45, 2.75) is 25.1 Å². The molecule has 0 aliphatic carbocycles. The molecule has 1 atom stereocenters. The molecule has 4 N–H and O–H groups in total. The summed E-state index contributed by atoms with van der Waals surface area (Å²) in [5.74, 6) is -3.38. The molecule has 9 nitrogen and oxygen atoms in total. The average molecular weight is 343 g/mol. The van der Waals surface area contributed by atoms with Crippen molar-refractivity contribution in [1.29, 1.82) is 0 Å². The number of amides is 3. The van der Waals surface area contributed by atoms with Gasteiger partial charge in [0.2, 0.25) is 11.8 Å². The molecular weight excluding hydrogens is 327 g/mol. The van der Waals surface area contributed by atoms with Crippen molar-refractivity contribution in [2.75, 3.05) is 20.2 Å². The van der Waals surface area contributed by atoms with Crippen LogP contribution in [0, 0.1) is 0 Å². The quantitative estimate of drug-likeness (QED) is 0.464. The molecule has 0 bridgehead atoms. The smallest absolute Gasteiger partial charge is 0.407 e. The Labute approximate surface area is 128 Å². The number of nitrogens with one attached hydrogen (secondary N) is 3. The van der Waals surface area contributed by atoms with Crippen molar-refractivity contribution < 1.29 is 42.2 Å². The Bertz CT molecular complexity index is 455. The first-order chi connectivity index (χ1) is 10.5. The van der Waals surface area contributed by atoms with E-state index in [9.17, 15) is 32.3 Å². The average Bonchev–Trinajstić information content (AvgIpc) is 2.45. The number of halogens is 3. The van der Waals surface area contributed by atoms with E-state index >= 15 is 0 Å². The predicted octanol–water partition coefficient (Wildman–Crippen LogP) is -0.629. The van der Waals surface area contributed by atoms with Crippen LogP contribution in [0.5, 0.6) is 0 Å². The van der Waals surface area contributed by atoms with E-state index in [1.165, 1.54) is 0 Å². The highest BCUT2D eigenvalue weighted by Gasteiger charge is 2.31. The molecule has 0 saturated heterocycles. The van der Waals surface area contributed by atoms with Gasteiger partial charge in [0, 0.05) is 6.42 Å². The molecule has 0 aromatic rings. The minimum atomic E-state index is -4.55. The number of carbonyl (C=O) groups excluding carboxylic acids is 3. The van der Waals surface area contributed by atoms with Gasteiger partial charge in [-0.1, -0.05) is 0 Å². The van der Waals surface area contributed by atoms with Crippen LogP contribution in [0.1, 0.15) is 12.8 Å². The first-order valence-electron chi connectivity index (χ1n) is 6.22. The molecular formula is C11H16F3N3O6. The first kappa shape index (κ1) is 20.5. The van der Waals surface area contributed by atoms with E-state index in [0.29, 0.717) is 0 Å². The van der Waals surface area contributed by atoms with Crippen molar-refractivity contribution in [1.82, 2.24) is 16.0 Å². The summed E-state index contributed by atoms with van der Waals surface area (Å²) in [6, 6.07) is -1.73. The molecule has 0 aromatic heterocycles. The van der Waals surface area contributed by atoms with E-state index < -0.39 is 62.0 Å². The second-order valence-corrected chi connectivity index (χ2v) is 4.23. The Morgan fingerprint density at radius 3 is 2.13 bits per heavy atom. The van der Waals surface area contributed by atoms with Gasteiger partial charge >= 0.3 is 18.2 Å². The third-order valence-electron chi connectivity index (χ3n) is 2.37. The Balaban J connectivity index is 4.20. The molecule has 0 rings (SSSR count). The number of carboxylic acids is 1. The minimum Gasteiger partial charge on any atom is -0.480 e. The maximum atomic E-state index is 12.0. The molecule has 0 heterocycles. The highest BCUT2D eigenvalue weighted by Crippen LogP contribution is 2.22. The molecule has 132 valence electrons. The fraction of sp³-hybridized carbons (Fsp3) is 0.636. The van der Waals surface area contributed by atoms with Crippen LogP contribution in [-0.4, -0.2) is 61.4 Å². The third-order valence-corrected chi connectivity index (χ3v) is 2.37. The van der Waals surface area contributed by atoms with E-state index in [2.05, 4.69) is 4.74 Å². The van der Waals surface area contributed by atoms with Gasteiger partial charge in [0.05, 0.1) is 13.7 Å². The summed E-state index contributed by atoms with van der Waals surface area (Å²) in [7, 11) is 1.08. The van der Waals surface area contributed by atoms with Crippen LogP contribution in [0.2, 0.25) is 0 Å². The molecule has 1 unspecified atom stereocenters. The van der Waals surface area contributed by atoms with Crippen LogP contribution in [0.25, 0.3) is 0 Å². The highest BCUT2D eigenvalue weighted by molar-refractivity contribution is 5.89. The monoisotopic (exact) mass is 343 g/mol. The van der Waals surface area contributed by atoms with Crippen molar-refractivity contribution >= 4 is 23.9 Å². The van der Waals surface area contributed by atoms with Gasteiger partial charge in [-0.15, -0.1) is 0 Å². The highest BCUT2D eigenvalue weighted by atomic mass is 19.4. The van der Waals surface area contributed by atoms with E-state index in [1.807, 2.05) is 16.0 Å². The Morgan fingerprint density at radius 1 is 1.09 bits per heavy atom. The zero-order valence-corrected chi connectivity index (χ0v) is 12.0.